The summed E-state index contributed by atoms with van der Waals surface area (Å²) in [6, 6.07) is 1.79. The lowest BCUT2D eigenvalue weighted by atomic mass is 10.2. The first kappa shape index (κ1) is 14.4. The zero-order valence-electron chi connectivity index (χ0n) is 8.83. The monoisotopic (exact) mass is 293 g/mol. The topological polar surface area (TPSA) is 39.2 Å². The third-order valence-corrected chi connectivity index (χ3v) is 1.71. The summed E-state index contributed by atoms with van der Waals surface area (Å²) in [6.07, 6.45) is 3.28. The first-order valence-electron chi connectivity index (χ1n) is 4.22. The molecule has 0 spiro atoms. The first-order valence-corrected chi connectivity index (χ1v) is 5.40. The van der Waals surface area contributed by atoms with Gasteiger partial charge in [-0.2, -0.15) is 0 Å². The summed E-state index contributed by atoms with van der Waals surface area (Å²) in [7, 11) is 0. The van der Waals surface area contributed by atoms with Crippen LogP contribution in [0.3, 0.4) is 0 Å². The fraction of sp³-hybridized carbons (Fsp3) is 0.400. The Morgan fingerprint density at radius 1 is 1.47 bits per heavy atom. The van der Waals surface area contributed by atoms with Gasteiger partial charge in [-0.3, -0.25) is 9.78 Å². The number of carbonyl (C=O) groups excluding carboxylic acids is 1. The number of hydrogen-bond donors (Lipinski definition) is 0. The van der Waals surface area contributed by atoms with Crippen molar-refractivity contribution in [2.45, 2.75) is 26.4 Å². The van der Waals surface area contributed by atoms with Crippen LogP contribution in [0.15, 0.2) is 22.9 Å². The van der Waals surface area contributed by atoms with Crippen molar-refractivity contribution in [1.82, 2.24) is 4.98 Å². The predicted molar refractivity (Wildman–Crippen MR) is 63.8 cm³/mol. The summed E-state index contributed by atoms with van der Waals surface area (Å²) < 4.78 is 5.46. The lowest BCUT2D eigenvalue weighted by Gasteiger charge is -2.14. The van der Waals surface area contributed by atoms with E-state index in [2.05, 4.69) is 25.7 Å². The molecule has 1 rings (SSSR count). The Morgan fingerprint density at radius 3 is 2.27 bits per heavy atom. The molecular formula is C10H13BrClNO2. The number of aromatic nitrogens is 1. The van der Waals surface area contributed by atoms with E-state index in [9.17, 15) is 4.79 Å². The molecular weight excluding hydrogens is 281 g/mol. The molecule has 1 aromatic heterocycles. The summed E-state index contributed by atoms with van der Waals surface area (Å²) in [5.74, 6) is 0. The molecule has 0 amide bonds. The van der Waals surface area contributed by atoms with Crippen LogP contribution in [0.1, 0.15) is 20.8 Å². The normalized spacial score (nSPS) is 9.93. The summed E-state index contributed by atoms with van der Waals surface area (Å²) >= 11 is 8.77. The molecule has 15 heavy (non-hydrogen) atoms. The van der Waals surface area contributed by atoms with Crippen LogP contribution in [-0.2, 0) is 9.53 Å². The van der Waals surface area contributed by atoms with Gasteiger partial charge in [-0.25, -0.2) is 0 Å². The van der Waals surface area contributed by atoms with Crippen molar-refractivity contribution >= 4 is 34.0 Å². The molecule has 0 saturated carbocycles. The largest absolute Gasteiger partial charge is 0.462 e. The van der Waals surface area contributed by atoms with Gasteiger partial charge in [0.15, 0.2) is 0 Å². The summed E-state index contributed by atoms with van der Waals surface area (Å²) in [4.78, 5) is 13.4. The molecule has 0 unspecified atom stereocenters. The third kappa shape index (κ3) is 9.69. The highest BCUT2D eigenvalue weighted by molar-refractivity contribution is 9.10. The highest BCUT2D eigenvalue weighted by Gasteiger charge is 2.07. The lowest BCUT2D eigenvalue weighted by Crippen LogP contribution is -2.17. The van der Waals surface area contributed by atoms with E-state index in [0.29, 0.717) is 11.5 Å². The SMILES string of the molecule is CC(C)(C)OC=O.Clc1cncc(Br)c1. The van der Waals surface area contributed by atoms with E-state index >= 15 is 0 Å². The summed E-state index contributed by atoms with van der Waals surface area (Å²) in [6.45, 7) is 5.92. The quantitative estimate of drug-likeness (QED) is 0.745. The standard InChI is InChI=1S/C5H3BrClN.C5H10O2/c6-4-1-5(7)3-8-2-4;1-5(2,3)7-4-6/h1-3H;4H,1-3H3. The van der Waals surface area contributed by atoms with Crippen LogP contribution in [0.2, 0.25) is 5.02 Å². The number of ether oxygens (including phenoxy) is 1. The van der Waals surface area contributed by atoms with Gasteiger partial charge in [0.25, 0.3) is 6.47 Å². The van der Waals surface area contributed by atoms with Crippen LogP contribution >= 0.6 is 27.5 Å². The second-order valence-electron chi connectivity index (χ2n) is 3.65. The number of hydrogen-bond acceptors (Lipinski definition) is 3. The molecule has 1 aromatic rings. The van der Waals surface area contributed by atoms with Crippen molar-refractivity contribution in [2.24, 2.45) is 0 Å². The second-order valence-corrected chi connectivity index (χ2v) is 5.00. The maximum absolute atomic E-state index is 9.60. The maximum Gasteiger partial charge on any atom is 0.293 e. The Morgan fingerprint density at radius 2 is 2.07 bits per heavy atom. The minimum Gasteiger partial charge on any atom is -0.462 e. The molecule has 0 aromatic carbocycles. The van der Waals surface area contributed by atoms with Gasteiger partial charge < -0.3 is 4.74 Å². The van der Waals surface area contributed by atoms with Gasteiger partial charge in [0.05, 0.1) is 5.02 Å². The van der Waals surface area contributed by atoms with Crippen LogP contribution in [0.25, 0.3) is 0 Å². The molecule has 3 nitrogen and oxygen atoms in total. The van der Waals surface area contributed by atoms with Gasteiger partial charge in [0.1, 0.15) is 5.60 Å². The Balaban J connectivity index is 0.000000265. The molecule has 0 bridgehead atoms. The molecule has 0 saturated heterocycles. The van der Waals surface area contributed by atoms with E-state index in [1.165, 1.54) is 0 Å². The van der Waals surface area contributed by atoms with E-state index in [1.54, 1.807) is 18.5 Å². The zero-order chi connectivity index (χ0) is 11.9. The van der Waals surface area contributed by atoms with Crippen LogP contribution in [0.4, 0.5) is 0 Å². The smallest absolute Gasteiger partial charge is 0.293 e. The average molecular weight is 295 g/mol. The van der Waals surface area contributed by atoms with Crippen LogP contribution < -0.4 is 0 Å². The van der Waals surface area contributed by atoms with Gasteiger partial charge in [0.2, 0.25) is 0 Å². The van der Waals surface area contributed by atoms with Crippen molar-refractivity contribution < 1.29 is 9.53 Å². The molecule has 0 N–H and O–H groups in total. The van der Waals surface area contributed by atoms with Crippen molar-refractivity contribution in [1.29, 1.82) is 0 Å². The molecule has 0 radical (unpaired) electrons. The van der Waals surface area contributed by atoms with Gasteiger partial charge in [-0.15, -0.1) is 0 Å². The Kier molecular flexibility index (Phi) is 6.52. The average Bonchev–Trinajstić information content (AvgIpc) is 2.01. The molecule has 0 fully saturated rings. The fourth-order valence-corrected chi connectivity index (χ4v) is 1.20. The van der Waals surface area contributed by atoms with Gasteiger partial charge in [-0.05, 0) is 42.8 Å². The number of halogens is 2. The second kappa shape index (κ2) is 6.80. The third-order valence-electron chi connectivity index (χ3n) is 1.07. The molecule has 1 heterocycles. The zero-order valence-corrected chi connectivity index (χ0v) is 11.2. The number of pyridine rings is 1. The fourth-order valence-electron chi connectivity index (χ4n) is 0.530. The van der Waals surface area contributed by atoms with Crippen molar-refractivity contribution in [3.05, 3.63) is 28.0 Å². The highest BCUT2D eigenvalue weighted by atomic mass is 79.9. The van der Waals surface area contributed by atoms with Gasteiger partial charge in [-0.1, -0.05) is 11.6 Å². The lowest BCUT2D eigenvalue weighted by molar-refractivity contribution is -0.138. The van der Waals surface area contributed by atoms with Crippen molar-refractivity contribution in [3.63, 3.8) is 0 Å². The van der Waals surface area contributed by atoms with E-state index < -0.39 is 0 Å². The van der Waals surface area contributed by atoms with Crippen LogP contribution in [0.5, 0.6) is 0 Å². The predicted octanol–water partition coefficient (Wildman–Crippen LogP) is 3.46. The number of nitrogens with zero attached hydrogens (tertiary/aromatic N) is 1. The van der Waals surface area contributed by atoms with E-state index in [0.717, 1.165) is 4.47 Å². The molecule has 0 aliphatic heterocycles. The van der Waals surface area contributed by atoms with E-state index in [1.807, 2.05) is 20.8 Å². The summed E-state index contributed by atoms with van der Waals surface area (Å²) in [5, 5.41) is 0.652. The number of carbonyl (C=O) groups is 1. The van der Waals surface area contributed by atoms with E-state index in [4.69, 9.17) is 11.6 Å². The Labute approximate surface area is 103 Å². The van der Waals surface area contributed by atoms with Crippen LogP contribution in [0, 0.1) is 0 Å². The summed E-state index contributed by atoms with van der Waals surface area (Å²) in [5.41, 5.74) is -0.318. The van der Waals surface area contributed by atoms with Crippen molar-refractivity contribution in [2.75, 3.05) is 0 Å². The minimum atomic E-state index is -0.318. The molecule has 0 atom stereocenters. The van der Waals surface area contributed by atoms with Gasteiger partial charge >= 0.3 is 0 Å². The molecule has 5 heteroatoms. The number of rotatable bonds is 1. The van der Waals surface area contributed by atoms with E-state index in [-0.39, 0.29) is 5.60 Å². The Bertz CT molecular complexity index is 295. The Hall–Kier alpha value is -0.610. The molecule has 0 aliphatic carbocycles. The molecule has 0 aliphatic rings. The van der Waals surface area contributed by atoms with Crippen molar-refractivity contribution in [3.8, 4) is 0 Å². The first-order chi connectivity index (χ1) is 6.85. The highest BCUT2D eigenvalue weighted by Crippen LogP contribution is 2.12. The molecule has 84 valence electrons. The minimum absolute atomic E-state index is 0.318. The van der Waals surface area contributed by atoms with Gasteiger partial charge in [0, 0.05) is 16.9 Å². The van der Waals surface area contributed by atoms with Crippen LogP contribution in [-0.4, -0.2) is 17.1 Å². The maximum atomic E-state index is 9.60.